The quantitative estimate of drug-likeness (QED) is 0.576. The lowest BCUT2D eigenvalue weighted by molar-refractivity contribution is -0.127. The molecule has 7 heteroatoms. The zero-order chi connectivity index (χ0) is 18.6. The summed E-state index contributed by atoms with van der Waals surface area (Å²) < 4.78 is 25.1. The fraction of sp³-hybridized carbons (Fsp3) is 0.263. The summed E-state index contributed by atoms with van der Waals surface area (Å²) in [4.78, 5) is 14.1. The van der Waals surface area contributed by atoms with Crippen LogP contribution in [0.25, 0.3) is 11.8 Å². The minimum Gasteiger partial charge on any atom is -0.331 e. The third-order valence-corrected chi connectivity index (χ3v) is 6.05. The maximum absolute atomic E-state index is 12.6. The van der Waals surface area contributed by atoms with Crippen molar-refractivity contribution in [2.75, 3.05) is 18.1 Å². The highest BCUT2D eigenvalue weighted by Gasteiger charge is 2.33. The average Bonchev–Trinajstić information content (AvgIpc) is 3.24. The van der Waals surface area contributed by atoms with Gasteiger partial charge >= 0.3 is 0 Å². The van der Waals surface area contributed by atoms with Crippen LogP contribution in [0.15, 0.2) is 61.5 Å². The van der Waals surface area contributed by atoms with Gasteiger partial charge < -0.3 is 4.90 Å². The van der Waals surface area contributed by atoms with Gasteiger partial charge in [0.25, 0.3) is 0 Å². The molecule has 1 fully saturated rings. The fourth-order valence-corrected chi connectivity index (χ4v) is 4.72. The molecule has 0 aliphatic carbocycles. The van der Waals surface area contributed by atoms with E-state index in [2.05, 4.69) is 11.7 Å². The van der Waals surface area contributed by atoms with Crippen LogP contribution in [-0.2, 0) is 14.6 Å². The van der Waals surface area contributed by atoms with Gasteiger partial charge in [0.05, 0.1) is 23.4 Å². The highest BCUT2D eigenvalue weighted by Crippen LogP contribution is 2.18. The first-order chi connectivity index (χ1) is 12.5. The van der Waals surface area contributed by atoms with Crippen molar-refractivity contribution in [2.45, 2.75) is 12.5 Å². The minimum atomic E-state index is -3.05. The number of para-hydroxylation sites is 1. The molecule has 2 heterocycles. The van der Waals surface area contributed by atoms with Crippen molar-refractivity contribution in [3.63, 3.8) is 0 Å². The second kappa shape index (κ2) is 7.70. The summed E-state index contributed by atoms with van der Waals surface area (Å²) in [5.74, 6) is -0.0714. The van der Waals surface area contributed by atoms with E-state index in [1.54, 1.807) is 27.9 Å². The largest absolute Gasteiger partial charge is 0.331 e. The van der Waals surface area contributed by atoms with Gasteiger partial charge in [0.15, 0.2) is 9.84 Å². The molecule has 136 valence electrons. The first-order valence-electron chi connectivity index (χ1n) is 8.38. The summed E-state index contributed by atoms with van der Waals surface area (Å²) in [6.45, 7) is 3.99. The van der Waals surface area contributed by atoms with Crippen LogP contribution < -0.4 is 0 Å². The molecule has 1 aromatic carbocycles. The maximum atomic E-state index is 12.6. The third kappa shape index (κ3) is 4.29. The summed E-state index contributed by atoms with van der Waals surface area (Å²) in [5.41, 5.74) is 1.72. The number of carbonyl (C=O) groups excluding carboxylic acids is 1. The lowest BCUT2D eigenvalue weighted by Crippen LogP contribution is -2.40. The molecule has 0 spiro atoms. The Morgan fingerprint density at radius 1 is 1.35 bits per heavy atom. The molecular formula is C19H21N3O3S. The molecular weight excluding hydrogens is 350 g/mol. The number of aromatic nitrogens is 2. The number of benzene rings is 1. The molecule has 1 aromatic heterocycles. The molecule has 26 heavy (non-hydrogen) atoms. The van der Waals surface area contributed by atoms with E-state index in [0.717, 1.165) is 11.3 Å². The minimum absolute atomic E-state index is 0.0202. The third-order valence-electron chi connectivity index (χ3n) is 4.30. The number of carbonyl (C=O) groups is 1. The Bertz CT molecular complexity index is 917. The molecule has 1 amide bonds. The number of nitrogens with zero attached hydrogens (tertiary/aromatic N) is 3. The predicted octanol–water partition coefficient (Wildman–Crippen LogP) is 2.09. The van der Waals surface area contributed by atoms with Crippen LogP contribution in [0, 0.1) is 0 Å². The second-order valence-electron chi connectivity index (χ2n) is 6.22. The van der Waals surface area contributed by atoms with Gasteiger partial charge in [-0.2, -0.15) is 5.10 Å². The molecule has 0 unspecified atom stereocenters. The van der Waals surface area contributed by atoms with E-state index in [1.807, 2.05) is 36.5 Å². The lowest BCUT2D eigenvalue weighted by Gasteiger charge is -2.25. The zero-order valence-corrected chi connectivity index (χ0v) is 15.2. The fourth-order valence-electron chi connectivity index (χ4n) is 2.99. The molecule has 6 nitrogen and oxygen atoms in total. The Balaban J connectivity index is 1.71. The van der Waals surface area contributed by atoms with Crippen LogP contribution in [0.2, 0.25) is 0 Å². The second-order valence-corrected chi connectivity index (χ2v) is 8.45. The van der Waals surface area contributed by atoms with E-state index in [4.69, 9.17) is 0 Å². The first kappa shape index (κ1) is 18.1. The summed E-state index contributed by atoms with van der Waals surface area (Å²) in [7, 11) is -3.05. The highest BCUT2D eigenvalue weighted by atomic mass is 32.2. The van der Waals surface area contributed by atoms with E-state index in [9.17, 15) is 13.2 Å². The van der Waals surface area contributed by atoms with Crippen LogP contribution >= 0.6 is 0 Å². The van der Waals surface area contributed by atoms with Gasteiger partial charge in [-0.05, 0) is 24.6 Å². The SMILES string of the molecule is C=CCN(C(=O)/C=C/c1cnn(-c2ccccc2)c1)[C@H]1CCS(=O)(=O)C1. The number of amides is 1. The van der Waals surface area contributed by atoms with E-state index in [0.29, 0.717) is 13.0 Å². The van der Waals surface area contributed by atoms with Crippen molar-refractivity contribution in [2.24, 2.45) is 0 Å². The van der Waals surface area contributed by atoms with Crippen molar-refractivity contribution in [1.82, 2.24) is 14.7 Å². The van der Waals surface area contributed by atoms with Crippen molar-refractivity contribution < 1.29 is 13.2 Å². The maximum Gasteiger partial charge on any atom is 0.247 e. The first-order valence-corrected chi connectivity index (χ1v) is 10.2. The molecule has 0 radical (unpaired) electrons. The lowest BCUT2D eigenvalue weighted by atomic mass is 10.2. The van der Waals surface area contributed by atoms with E-state index in [1.165, 1.54) is 6.08 Å². The Hall–Kier alpha value is -2.67. The van der Waals surface area contributed by atoms with Gasteiger partial charge in [-0.15, -0.1) is 6.58 Å². The summed E-state index contributed by atoms with van der Waals surface area (Å²) in [6.07, 6.45) is 8.74. The topological polar surface area (TPSA) is 72.3 Å². The smallest absolute Gasteiger partial charge is 0.247 e. The van der Waals surface area contributed by atoms with Gasteiger partial charge in [-0.3, -0.25) is 4.79 Å². The van der Waals surface area contributed by atoms with Crippen molar-refractivity contribution in [3.8, 4) is 5.69 Å². The molecule has 2 aromatic rings. The molecule has 0 bridgehead atoms. The Morgan fingerprint density at radius 2 is 2.12 bits per heavy atom. The number of rotatable bonds is 6. The van der Waals surface area contributed by atoms with E-state index < -0.39 is 9.84 Å². The number of hydrogen-bond acceptors (Lipinski definition) is 4. The molecule has 1 atom stereocenters. The molecule has 1 aliphatic heterocycles. The van der Waals surface area contributed by atoms with Gasteiger partial charge in [-0.1, -0.05) is 24.3 Å². The Labute approximate surface area is 153 Å². The average molecular weight is 371 g/mol. The zero-order valence-electron chi connectivity index (χ0n) is 14.4. The molecule has 1 aliphatic rings. The van der Waals surface area contributed by atoms with Gasteiger partial charge in [0.1, 0.15) is 0 Å². The Morgan fingerprint density at radius 3 is 2.77 bits per heavy atom. The normalized spacial score (nSPS) is 18.8. The van der Waals surface area contributed by atoms with Crippen LogP contribution in [0.1, 0.15) is 12.0 Å². The van der Waals surface area contributed by atoms with Gasteiger partial charge in [0, 0.05) is 30.4 Å². The predicted molar refractivity (Wildman–Crippen MR) is 102 cm³/mol. The highest BCUT2D eigenvalue weighted by molar-refractivity contribution is 7.91. The van der Waals surface area contributed by atoms with E-state index in [-0.39, 0.29) is 23.5 Å². The number of sulfone groups is 1. The van der Waals surface area contributed by atoms with Gasteiger partial charge in [0.2, 0.25) is 5.91 Å². The standard InChI is InChI=1S/C19H21N3O3S/c1-2-11-21(18-10-12-26(24,25)15-18)19(23)9-8-16-13-20-22(14-16)17-6-4-3-5-7-17/h2-9,13-14,18H,1,10-12,15H2/b9-8+/t18-/m0/s1. The Kier molecular flexibility index (Phi) is 5.37. The van der Waals surface area contributed by atoms with Crippen LogP contribution in [0.4, 0.5) is 0 Å². The van der Waals surface area contributed by atoms with E-state index >= 15 is 0 Å². The number of hydrogen-bond donors (Lipinski definition) is 0. The molecule has 1 saturated heterocycles. The summed E-state index contributed by atoms with van der Waals surface area (Å²) >= 11 is 0. The van der Waals surface area contributed by atoms with Gasteiger partial charge in [-0.25, -0.2) is 13.1 Å². The van der Waals surface area contributed by atoms with Crippen LogP contribution in [0.5, 0.6) is 0 Å². The molecule has 3 rings (SSSR count). The molecule has 0 saturated carbocycles. The van der Waals surface area contributed by atoms with Crippen molar-refractivity contribution in [3.05, 3.63) is 67.0 Å². The molecule has 0 N–H and O–H groups in total. The summed E-state index contributed by atoms with van der Waals surface area (Å²) in [6, 6.07) is 9.39. The van der Waals surface area contributed by atoms with Crippen LogP contribution in [0.3, 0.4) is 0 Å². The van der Waals surface area contributed by atoms with Crippen molar-refractivity contribution in [1.29, 1.82) is 0 Å². The monoisotopic (exact) mass is 371 g/mol. The van der Waals surface area contributed by atoms with Crippen molar-refractivity contribution >= 4 is 21.8 Å². The van der Waals surface area contributed by atoms with Crippen LogP contribution in [-0.4, -0.2) is 53.1 Å². The summed E-state index contributed by atoms with van der Waals surface area (Å²) in [5, 5.41) is 4.29.